The number of ether oxygens (including phenoxy) is 1. The smallest absolute Gasteiger partial charge is 0.220 e. The second-order valence-corrected chi connectivity index (χ2v) is 5.72. The molecule has 1 aliphatic rings. The molecule has 0 saturated heterocycles. The van der Waals surface area contributed by atoms with Gasteiger partial charge in [-0.25, -0.2) is 9.38 Å². The second kappa shape index (κ2) is 6.28. The van der Waals surface area contributed by atoms with E-state index in [1.807, 2.05) is 60.7 Å². The number of nitrogens with zero attached hydrogens (tertiary/aromatic N) is 1. The summed E-state index contributed by atoms with van der Waals surface area (Å²) in [5, 5.41) is 0. The Kier molecular flexibility index (Phi) is 3.83. The van der Waals surface area contributed by atoms with E-state index in [2.05, 4.69) is 0 Å². The third kappa shape index (κ3) is 2.69. The largest absolute Gasteiger partial charge is 0.467 e. The zero-order valence-electron chi connectivity index (χ0n) is 13.0. The molecule has 3 heteroatoms. The standard InChI is InChI=1S/C21H16FNO/c22-18-14-8-7-13-17(18)21-23-19(15-9-3-1-4-10-15)20(24-21)16-11-5-2-6-12-16/h1-14,19-20H/t19-,20-/m1/s1. The van der Waals surface area contributed by atoms with Crippen molar-refractivity contribution in [2.45, 2.75) is 12.1 Å². The Morgan fingerprint density at radius 1 is 0.708 bits per heavy atom. The predicted octanol–water partition coefficient (Wildman–Crippen LogP) is 5.09. The lowest BCUT2D eigenvalue weighted by atomic mass is 9.97. The van der Waals surface area contributed by atoms with Crippen molar-refractivity contribution in [3.05, 3.63) is 107 Å². The number of halogens is 1. The Morgan fingerprint density at radius 3 is 1.96 bits per heavy atom. The summed E-state index contributed by atoms with van der Waals surface area (Å²) in [6.07, 6.45) is -0.261. The minimum atomic E-state index is -0.322. The van der Waals surface area contributed by atoms with Gasteiger partial charge in [-0.15, -0.1) is 0 Å². The third-order valence-corrected chi connectivity index (χ3v) is 4.16. The van der Waals surface area contributed by atoms with Gasteiger partial charge in [-0.2, -0.15) is 0 Å². The van der Waals surface area contributed by atoms with Crippen molar-refractivity contribution in [3.8, 4) is 0 Å². The van der Waals surface area contributed by atoms with Crippen LogP contribution in [0.3, 0.4) is 0 Å². The van der Waals surface area contributed by atoms with Crippen LogP contribution in [0.5, 0.6) is 0 Å². The first-order chi connectivity index (χ1) is 11.8. The number of benzene rings is 3. The van der Waals surface area contributed by atoms with Crippen molar-refractivity contribution in [2.75, 3.05) is 0 Å². The van der Waals surface area contributed by atoms with Gasteiger partial charge in [-0.05, 0) is 23.3 Å². The van der Waals surface area contributed by atoms with E-state index in [-0.39, 0.29) is 18.0 Å². The highest BCUT2D eigenvalue weighted by Gasteiger charge is 2.34. The molecule has 0 radical (unpaired) electrons. The predicted molar refractivity (Wildman–Crippen MR) is 92.4 cm³/mol. The maximum absolute atomic E-state index is 14.1. The minimum absolute atomic E-state index is 0.191. The van der Waals surface area contributed by atoms with Gasteiger partial charge in [0.25, 0.3) is 0 Å². The first-order valence-corrected chi connectivity index (χ1v) is 7.92. The van der Waals surface area contributed by atoms with Crippen molar-refractivity contribution in [1.29, 1.82) is 0 Å². The quantitative estimate of drug-likeness (QED) is 0.660. The van der Waals surface area contributed by atoms with Gasteiger partial charge in [0.1, 0.15) is 11.9 Å². The summed E-state index contributed by atoms with van der Waals surface area (Å²) >= 11 is 0. The molecule has 118 valence electrons. The summed E-state index contributed by atoms with van der Waals surface area (Å²) in [6.45, 7) is 0. The molecule has 0 aromatic heterocycles. The van der Waals surface area contributed by atoms with Gasteiger partial charge in [-0.1, -0.05) is 72.8 Å². The van der Waals surface area contributed by atoms with Gasteiger partial charge in [0.2, 0.25) is 5.90 Å². The topological polar surface area (TPSA) is 21.6 Å². The Bertz CT molecular complexity index is 861. The van der Waals surface area contributed by atoms with Crippen LogP contribution >= 0.6 is 0 Å². The van der Waals surface area contributed by atoms with E-state index < -0.39 is 0 Å². The fourth-order valence-corrected chi connectivity index (χ4v) is 2.97. The molecule has 0 bridgehead atoms. The van der Waals surface area contributed by atoms with Crippen molar-refractivity contribution in [2.24, 2.45) is 4.99 Å². The number of hydrogen-bond donors (Lipinski definition) is 0. The molecule has 3 aromatic rings. The summed E-state index contributed by atoms with van der Waals surface area (Å²) < 4.78 is 20.2. The molecule has 0 fully saturated rings. The molecule has 2 nitrogen and oxygen atoms in total. The molecule has 0 amide bonds. The summed E-state index contributed by atoms with van der Waals surface area (Å²) in [5.41, 5.74) is 2.48. The monoisotopic (exact) mass is 317 g/mol. The van der Waals surface area contributed by atoms with Crippen LogP contribution in [0.1, 0.15) is 28.8 Å². The normalized spacial score (nSPS) is 19.6. The first kappa shape index (κ1) is 14.6. The molecule has 0 saturated carbocycles. The van der Waals surface area contributed by atoms with E-state index in [0.29, 0.717) is 11.5 Å². The SMILES string of the molecule is Fc1ccccc1C1=N[C@H](c2ccccc2)[C@@H](c2ccccc2)O1. The molecule has 4 rings (SSSR count). The van der Waals surface area contributed by atoms with Crippen LogP contribution in [0, 0.1) is 5.82 Å². The Hall–Kier alpha value is -2.94. The lowest BCUT2D eigenvalue weighted by Gasteiger charge is -2.18. The van der Waals surface area contributed by atoms with Crippen LogP contribution in [0.15, 0.2) is 89.9 Å². The molecular formula is C21H16FNO. The molecule has 2 atom stereocenters. The highest BCUT2D eigenvalue weighted by Crippen LogP contribution is 2.41. The van der Waals surface area contributed by atoms with Crippen LogP contribution in [-0.4, -0.2) is 5.90 Å². The van der Waals surface area contributed by atoms with Crippen LogP contribution in [0.4, 0.5) is 4.39 Å². The second-order valence-electron chi connectivity index (χ2n) is 5.72. The number of hydrogen-bond acceptors (Lipinski definition) is 2. The lowest BCUT2D eigenvalue weighted by Crippen LogP contribution is -2.09. The van der Waals surface area contributed by atoms with E-state index in [1.54, 1.807) is 18.2 Å². The van der Waals surface area contributed by atoms with E-state index in [4.69, 9.17) is 9.73 Å². The van der Waals surface area contributed by atoms with Crippen molar-refractivity contribution >= 4 is 5.90 Å². The molecule has 0 unspecified atom stereocenters. The van der Waals surface area contributed by atoms with E-state index in [0.717, 1.165) is 11.1 Å². The van der Waals surface area contributed by atoms with Crippen molar-refractivity contribution in [3.63, 3.8) is 0 Å². The molecule has 1 heterocycles. The van der Waals surface area contributed by atoms with Crippen LogP contribution < -0.4 is 0 Å². The number of rotatable bonds is 3. The fraction of sp³-hybridized carbons (Fsp3) is 0.0952. The van der Waals surface area contributed by atoms with Crippen LogP contribution in [0.25, 0.3) is 0 Å². The first-order valence-electron chi connectivity index (χ1n) is 7.92. The summed E-state index contributed by atoms with van der Waals surface area (Å²) in [7, 11) is 0. The van der Waals surface area contributed by atoms with Crippen LogP contribution in [-0.2, 0) is 4.74 Å². The van der Waals surface area contributed by atoms with Gasteiger partial charge in [0.15, 0.2) is 6.10 Å². The average Bonchev–Trinajstić information content (AvgIpc) is 3.09. The van der Waals surface area contributed by atoms with E-state index in [9.17, 15) is 4.39 Å². The highest BCUT2D eigenvalue weighted by atomic mass is 19.1. The minimum Gasteiger partial charge on any atom is -0.467 e. The molecule has 1 aliphatic heterocycles. The van der Waals surface area contributed by atoms with Crippen LogP contribution in [0.2, 0.25) is 0 Å². The lowest BCUT2D eigenvalue weighted by molar-refractivity contribution is 0.196. The molecular weight excluding hydrogens is 301 g/mol. The van der Waals surface area contributed by atoms with Crippen molar-refractivity contribution < 1.29 is 9.13 Å². The van der Waals surface area contributed by atoms with E-state index >= 15 is 0 Å². The van der Waals surface area contributed by atoms with Gasteiger partial charge in [0, 0.05) is 0 Å². The Morgan fingerprint density at radius 2 is 1.29 bits per heavy atom. The number of aliphatic imine (C=N–C) groups is 1. The third-order valence-electron chi connectivity index (χ3n) is 4.16. The van der Waals surface area contributed by atoms with E-state index in [1.165, 1.54) is 6.07 Å². The van der Waals surface area contributed by atoms with Crippen molar-refractivity contribution in [1.82, 2.24) is 0 Å². The van der Waals surface area contributed by atoms with Gasteiger partial charge in [0.05, 0.1) is 5.56 Å². The molecule has 3 aromatic carbocycles. The molecule has 0 N–H and O–H groups in total. The maximum Gasteiger partial charge on any atom is 0.220 e. The summed E-state index contributed by atoms with van der Waals surface area (Å²) in [6, 6.07) is 26.3. The van der Waals surface area contributed by atoms with Gasteiger partial charge >= 0.3 is 0 Å². The zero-order chi connectivity index (χ0) is 16.4. The maximum atomic E-state index is 14.1. The Labute approximate surface area is 140 Å². The summed E-state index contributed by atoms with van der Waals surface area (Å²) in [5.74, 6) is 0.0348. The average molecular weight is 317 g/mol. The molecule has 24 heavy (non-hydrogen) atoms. The summed E-state index contributed by atoms with van der Waals surface area (Å²) in [4.78, 5) is 4.70. The Balaban J connectivity index is 1.77. The fourth-order valence-electron chi connectivity index (χ4n) is 2.97. The van der Waals surface area contributed by atoms with Gasteiger partial charge < -0.3 is 4.74 Å². The zero-order valence-corrected chi connectivity index (χ0v) is 13.0. The highest BCUT2D eigenvalue weighted by molar-refractivity contribution is 5.95. The molecule has 0 spiro atoms. The molecule has 0 aliphatic carbocycles. The van der Waals surface area contributed by atoms with Gasteiger partial charge in [-0.3, -0.25) is 0 Å².